The molecule has 4 nitrogen and oxygen atoms in total. The van der Waals surface area contributed by atoms with Crippen molar-refractivity contribution in [2.75, 3.05) is 0 Å². The van der Waals surface area contributed by atoms with Crippen LogP contribution in [0, 0.1) is 38.4 Å². The van der Waals surface area contributed by atoms with Crippen molar-refractivity contribution in [1.82, 2.24) is 0 Å². The van der Waals surface area contributed by atoms with Crippen LogP contribution in [0.5, 0.6) is 0 Å². The zero-order valence-corrected chi connectivity index (χ0v) is 19.6. The molecule has 2 aliphatic carbocycles. The van der Waals surface area contributed by atoms with Crippen molar-refractivity contribution in [1.29, 1.82) is 0 Å². The molecule has 0 N–H and O–H groups in total. The van der Waals surface area contributed by atoms with Crippen LogP contribution >= 0.6 is 0 Å². The van der Waals surface area contributed by atoms with E-state index in [4.69, 9.17) is 26.5 Å². The van der Waals surface area contributed by atoms with E-state index in [-0.39, 0.29) is 39.5 Å². The van der Waals surface area contributed by atoms with Gasteiger partial charge in [0.25, 0.3) is 0 Å². The van der Waals surface area contributed by atoms with E-state index in [0.717, 1.165) is 11.8 Å². The molecule has 2 rings (SSSR count). The molecular formula is C20H33BMn2O4. The second-order valence-corrected chi connectivity index (χ2v) is 7.15. The maximum atomic E-state index is 7.50. The van der Waals surface area contributed by atoms with Crippen molar-refractivity contribution in [3.63, 3.8) is 0 Å². The zero-order chi connectivity index (χ0) is 21.3. The fourth-order valence-electron chi connectivity index (χ4n) is 2.26. The Balaban J connectivity index is -0.0000000365. The number of hydrogen-bond acceptors (Lipinski definition) is 0. The molecule has 0 aliphatic heterocycles. The van der Waals surface area contributed by atoms with Crippen molar-refractivity contribution >= 4 is 7.85 Å². The average Bonchev–Trinajstić information content (AvgIpc) is 3.28. The Morgan fingerprint density at radius 3 is 0.741 bits per heavy atom. The summed E-state index contributed by atoms with van der Waals surface area (Å²) in [4.78, 5) is 0. The van der Waals surface area contributed by atoms with Crippen molar-refractivity contribution in [3.05, 3.63) is 26.6 Å². The van der Waals surface area contributed by atoms with Crippen LogP contribution in [0.25, 0.3) is 0 Å². The first kappa shape index (κ1) is 45.7. The number of hydrogen-bond donors (Lipinski definition) is 0. The molecule has 27 heavy (non-hydrogen) atoms. The van der Waals surface area contributed by atoms with Crippen LogP contribution in [0.1, 0.15) is 86.0 Å². The van der Waals surface area contributed by atoms with Crippen molar-refractivity contribution in [2.45, 2.75) is 91.3 Å². The van der Waals surface area contributed by atoms with Crippen LogP contribution < -0.4 is 0 Å². The van der Waals surface area contributed by atoms with Crippen molar-refractivity contribution in [2.24, 2.45) is 11.8 Å². The fraction of sp³-hybridized carbons (Fsp3) is 0.800. The molecule has 0 bridgehead atoms. The molecule has 0 amide bonds. The largest absolute Gasteiger partial charge is 0 e. The minimum absolute atomic E-state index is 0. The maximum Gasteiger partial charge on any atom is 0 e. The quantitative estimate of drug-likeness (QED) is 0.257. The van der Waals surface area contributed by atoms with E-state index in [0.29, 0.717) is 0 Å². The monoisotopic (exact) mass is 458 g/mol. The van der Waals surface area contributed by atoms with Gasteiger partial charge in [-0.1, -0.05) is 91.3 Å². The Labute approximate surface area is 190 Å². The Kier molecular flexibility index (Phi) is 68.8. The van der Waals surface area contributed by atoms with Gasteiger partial charge in [-0.25, -0.2) is 0 Å². The van der Waals surface area contributed by atoms with E-state index in [9.17, 15) is 0 Å². The molecule has 154 valence electrons. The Morgan fingerprint density at radius 2 is 0.704 bits per heavy atom. The summed E-state index contributed by atoms with van der Waals surface area (Å²) >= 11 is 0. The molecule has 0 aromatic carbocycles. The molecule has 2 aliphatic rings. The molecule has 0 heterocycles. The van der Waals surface area contributed by atoms with Crippen LogP contribution in [0.3, 0.4) is 0 Å². The molecule has 0 aromatic heterocycles. The van der Waals surface area contributed by atoms with Gasteiger partial charge in [0.15, 0.2) is 0 Å². The summed E-state index contributed by atoms with van der Waals surface area (Å²) in [5.74, 6) is 2.09. The van der Waals surface area contributed by atoms with Crippen LogP contribution in [0.4, 0.5) is 0 Å². The van der Waals surface area contributed by atoms with Gasteiger partial charge >= 0.3 is 45.2 Å². The van der Waals surface area contributed by atoms with Crippen LogP contribution in [0.2, 0.25) is 5.31 Å². The molecule has 0 saturated heterocycles. The van der Waals surface area contributed by atoms with Gasteiger partial charge in [0, 0.05) is 34.1 Å². The molecule has 2 fully saturated rings. The summed E-state index contributed by atoms with van der Waals surface area (Å²) in [6, 6.07) is 0. The first-order valence-corrected chi connectivity index (χ1v) is 8.39. The van der Waals surface area contributed by atoms with E-state index in [1.165, 1.54) is 51.4 Å². The van der Waals surface area contributed by atoms with Crippen LogP contribution in [0.15, 0.2) is 0 Å². The molecule has 0 aromatic rings. The minimum atomic E-state index is 0. The maximum absolute atomic E-state index is 7.50. The Bertz CT molecular complexity index is 267. The molecule has 7 heteroatoms. The van der Waals surface area contributed by atoms with Crippen molar-refractivity contribution < 1.29 is 52.7 Å². The van der Waals surface area contributed by atoms with Crippen molar-refractivity contribution in [3.8, 4) is 0 Å². The summed E-state index contributed by atoms with van der Waals surface area (Å²) in [5, 5.41) is 0. The van der Waals surface area contributed by atoms with Gasteiger partial charge in [0.05, 0.1) is 7.85 Å². The molecule has 2 saturated carbocycles. The smallest absolute Gasteiger partial charge is 0 e. The number of rotatable bonds is 0. The van der Waals surface area contributed by atoms with Gasteiger partial charge in [-0.2, -0.15) is 0 Å². The Morgan fingerprint density at radius 1 is 0.593 bits per heavy atom. The van der Waals surface area contributed by atoms with Gasteiger partial charge in [0.1, 0.15) is 0 Å². The zero-order valence-electron chi connectivity index (χ0n) is 17.3. The van der Waals surface area contributed by atoms with Gasteiger partial charge in [-0.3, -0.25) is 0 Å². The summed E-state index contributed by atoms with van der Waals surface area (Å²) in [7, 11) is 5.35. The van der Waals surface area contributed by atoms with Gasteiger partial charge in [-0.05, 0) is 11.8 Å². The third kappa shape index (κ3) is 76.3. The van der Waals surface area contributed by atoms with E-state index >= 15 is 0 Å². The predicted octanol–water partition coefficient (Wildman–Crippen LogP) is 5.61. The molecule has 4 radical (unpaired) electrons. The van der Waals surface area contributed by atoms with Crippen LogP contribution in [-0.4, -0.2) is 7.85 Å². The first-order valence-electron chi connectivity index (χ1n) is 8.39. The second kappa shape index (κ2) is 40.7. The molecule has 0 spiro atoms. The topological polar surface area (TPSA) is 79.6 Å². The average molecular weight is 458 g/mol. The summed E-state index contributed by atoms with van der Waals surface area (Å²) in [6.45, 7) is 28.6. The molecule has 0 atom stereocenters. The first-order chi connectivity index (χ1) is 11.8. The summed E-state index contributed by atoms with van der Waals surface area (Å²) in [5.41, 5.74) is 0. The SMILES string of the molecule is CC1CCCC1.CC1CCCC1.[B]C(C)(C)C.[C-]#[O+].[C-]#[O+].[C-]#[O+].[C-]#[O+].[Mn].[Mn]. The van der Waals surface area contributed by atoms with Gasteiger partial charge in [-0.15, -0.1) is 0 Å². The Hall–Kier alpha value is 0.0639. The normalized spacial score (nSPS) is 13.8. The van der Waals surface area contributed by atoms with E-state index in [2.05, 4.69) is 40.4 Å². The van der Waals surface area contributed by atoms with E-state index in [1.807, 2.05) is 20.8 Å². The predicted molar refractivity (Wildman–Crippen MR) is 96.5 cm³/mol. The van der Waals surface area contributed by atoms with Gasteiger partial charge in [0.2, 0.25) is 0 Å². The third-order valence-electron chi connectivity index (χ3n) is 3.29. The van der Waals surface area contributed by atoms with Gasteiger partial charge < -0.3 is 0 Å². The standard InChI is InChI=1S/2C6H12.C4H9B.4CO.2Mn/c2*1-6-4-2-3-5-6;1-4(2,3)5;4*1-2;;/h2*6H,2-5H2,1H3;1-3H3;;;;;;. The fourth-order valence-corrected chi connectivity index (χ4v) is 2.26. The van der Waals surface area contributed by atoms with E-state index in [1.54, 1.807) is 0 Å². The van der Waals surface area contributed by atoms with Crippen LogP contribution in [-0.2, 0) is 52.7 Å². The third-order valence-corrected chi connectivity index (χ3v) is 3.29. The summed E-state index contributed by atoms with van der Waals surface area (Å²) < 4.78 is 30.0. The minimum Gasteiger partial charge on any atom is 0 e. The summed E-state index contributed by atoms with van der Waals surface area (Å²) in [6.07, 6.45) is 11.9. The molecular weight excluding hydrogens is 425 g/mol. The second-order valence-electron chi connectivity index (χ2n) is 7.15. The van der Waals surface area contributed by atoms with E-state index < -0.39 is 0 Å². The molecule has 0 unspecified atom stereocenters.